The lowest BCUT2D eigenvalue weighted by molar-refractivity contribution is -0.156. The molecule has 0 aliphatic carbocycles. The van der Waals surface area contributed by atoms with Crippen LogP contribution >= 0.6 is 0 Å². The van der Waals surface area contributed by atoms with Crippen LogP contribution in [0, 0.1) is 0 Å². The highest BCUT2D eigenvalue weighted by atomic mass is 16.6. The summed E-state index contributed by atoms with van der Waals surface area (Å²) in [6.07, 6.45) is -0.0943. The van der Waals surface area contributed by atoms with Gasteiger partial charge in [-0.1, -0.05) is 0 Å². The fourth-order valence-corrected chi connectivity index (χ4v) is 0.167. The van der Waals surface area contributed by atoms with Crippen molar-refractivity contribution in [2.75, 3.05) is 6.61 Å². The third-order valence-corrected chi connectivity index (χ3v) is 0.434. The SMILES string of the molecule is O=CC(=O)OCC(=O)O. The van der Waals surface area contributed by atoms with E-state index in [1.807, 2.05) is 0 Å². The lowest BCUT2D eigenvalue weighted by Gasteiger charge is -1.91. The van der Waals surface area contributed by atoms with E-state index in [4.69, 9.17) is 5.11 Å². The van der Waals surface area contributed by atoms with E-state index in [1.54, 1.807) is 0 Å². The van der Waals surface area contributed by atoms with Gasteiger partial charge in [-0.15, -0.1) is 0 Å². The molecule has 0 aliphatic rings. The molecule has 0 saturated carbocycles. The van der Waals surface area contributed by atoms with Gasteiger partial charge in [0.15, 0.2) is 6.61 Å². The van der Waals surface area contributed by atoms with E-state index in [1.165, 1.54) is 0 Å². The van der Waals surface area contributed by atoms with Crippen molar-refractivity contribution < 1.29 is 24.2 Å². The first kappa shape index (κ1) is 7.61. The van der Waals surface area contributed by atoms with E-state index >= 15 is 0 Å². The molecule has 0 amide bonds. The molecule has 5 nitrogen and oxygen atoms in total. The second kappa shape index (κ2) is 3.59. The molecular weight excluding hydrogens is 128 g/mol. The summed E-state index contributed by atoms with van der Waals surface area (Å²) in [5.74, 6) is -2.46. The second-order valence-corrected chi connectivity index (χ2v) is 1.12. The summed E-state index contributed by atoms with van der Waals surface area (Å²) in [4.78, 5) is 28.9. The highest BCUT2D eigenvalue weighted by Crippen LogP contribution is 1.72. The predicted octanol–water partition coefficient (Wildman–Crippen LogP) is -1.19. The number of hydrogen-bond acceptors (Lipinski definition) is 4. The quantitative estimate of drug-likeness (QED) is 0.297. The average molecular weight is 132 g/mol. The van der Waals surface area contributed by atoms with Crippen LogP contribution < -0.4 is 0 Å². The van der Waals surface area contributed by atoms with Gasteiger partial charge in [0.05, 0.1) is 0 Å². The molecule has 0 spiro atoms. The van der Waals surface area contributed by atoms with E-state index in [2.05, 4.69) is 4.74 Å². The van der Waals surface area contributed by atoms with Crippen LogP contribution in [0.25, 0.3) is 0 Å². The number of rotatable bonds is 3. The Morgan fingerprint density at radius 1 is 1.56 bits per heavy atom. The molecular formula is C4H4O5. The number of carbonyl (C=O) groups is 3. The van der Waals surface area contributed by atoms with Gasteiger partial charge in [0.2, 0.25) is 6.29 Å². The molecule has 5 heteroatoms. The largest absolute Gasteiger partial charge is 0.479 e. The van der Waals surface area contributed by atoms with Gasteiger partial charge in [0.1, 0.15) is 0 Å². The minimum Gasteiger partial charge on any atom is -0.479 e. The van der Waals surface area contributed by atoms with Gasteiger partial charge in [0.25, 0.3) is 0 Å². The van der Waals surface area contributed by atoms with Crippen LogP contribution in [0.5, 0.6) is 0 Å². The summed E-state index contributed by atoms with van der Waals surface area (Å²) in [5, 5.41) is 7.86. The summed E-state index contributed by atoms with van der Waals surface area (Å²) in [6, 6.07) is 0. The Labute approximate surface area is 50.2 Å². The first-order chi connectivity index (χ1) is 4.16. The van der Waals surface area contributed by atoms with E-state index in [9.17, 15) is 14.4 Å². The van der Waals surface area contributed by atoms with E-state index < -0.39 is 18.5 Å². The maximum absolute atomic E-state index is 9.86. The van der Waals surface area contributed by atoms with Gasteiger partial charge in [-0.2, -0.15) is 0 Å². The lowest BCUT2D eigenvalue weighted by atomic mass is 10.7. The van der Waals surface area contributed by atoms with Crippen LogP contribution in [0.15, 0.2) is 0 Å². The van der Waals surface area contributed by atoms with Crippen molar-refractivity contribution in [3.8, 4) is 0 Å². The van der Waals surface area contributed by atoms with Crippen LogP contribution in [0.3, 0.4) is 0 Å². The van der Waals surface area contributed by atoms with Crippen LogP contribution in [-0.2, 0) is 19.1 Å². The number of ether oxygens (including phenoxy) is 1. The van der Waals surface area contributed by atoms with Gasteiger partial charge < -0.3 is 9.84 Å². The molecule has 0 saturated heterocycles. The van der Waals surface area contributed by atoms with Crippen LogP contribution in [0.4, 0.5) is 0 Å². The van der Waals surface area contributed by atoms with Crippen molar-refractivity contribution in [3.05, 3.63) is 0 Å². The number of esters is 1. The monoisotopic (exact) mass is 132 g/mol. The highest BCUT2D eigenvalue weighted by molar-refractivity contribution is 6.20. The molecule has 0 aromatic heterocycles. The first-order valence-corrected chi connectivity index (χ1v) is 2.00. The Morgan fingerprint density at radius 2 is 2.11 bits per heavy atom. The number of carboxylic acids is 1. The van der Waals surface area contributed by atoms with Crippen LogP contribution in [0.1, 0.15) is 0 Å². The Hall–Kier alpha value is -1.39. The topological polar surface area (TPSA) is 80.7 Å². The van der Waals surface area contributed by atoms with Gasteiger partial charge in [-0.25, -0.2) is 9.59 Å². The van der Waals surface area contributed by atoms with Gasteiger partial charge in [-0.3, -0.25) is 4.79 Å². The maximum atomic E-state index is 9.86. The molecule has 50 valence electrons. The van der Waals surface area contributed by atoms with Crippen molar-refractivity contribution in [1.82, 2.24) is 0 Å². The average Bonchev–Trinajstić information content (AvgIpc) is 1.83. The first-order valence-electron chi connectivity index (χ1n) is 2.00. The molecule has 0 radical (unpaired) electrons. The molecule has 0 atom stereocenters. The van der Waals surface area contributed by atoms with Crippen molar-refractivity contribution in [2.24, 2.45) is 0 Å². The standard InChI is InChI=1S/C4H4O5/c5-1-4(8)9-2-3(6)7/h1H,2H2,(H,6,7). The Kier molecular flexibility index (Phi) is 3.04. The van der Waals surface area contributed by atoms with Gasteiger partial charge >= 0.3 is 11.9 Å². The fraction of sp³-hybridized carbons (Fsp3) is 0.250. The minimum atomic E-state index is -1.29. The normalized spacial score (nSPS) is 8.00. The van der Waals surface area contributed by atoms with Crippen molar-refractivity contribution in [1.29, 1.82) is 0 Å². The second-order valence-electron chi connectivity index (χ2n) is 1.12. The molecule has 0 fully saturated rings. The molecule has 1 N–H and O–H groups in total. The number of carbonyl (C=O) groups excluding carboxylic acids is 2. The molecule has 0 heterocycles. The molecule has 0 unspecified atom stereocenters. The molecule has 0 aliphatic heterocycles. The summed E-state index contributed by atoms with van der Waals surface area (Å²) in [5.41, 5.74) is 0. The highest BCUT2D eigenvalue weighted by Gasteiger charge is 2.01. The van der Waals surface area contributed by atoms with E-state index in [0.29, 0.717) is 0 Å². The zero-order valence-electron chi connectivity index (χ0n) is 4.36. The van der Waals surface area contributed by atoms with Gasteiger partial charge in [-0.05, 0) is 0 Å². The molecule has 9 heavy (non-hydrogen) atoms. The van der Waals surface area contributed by atoms with Crippen molar-refractivity contribution >= 4 is 18.2 Å². The number of aliphatic carboxylic acids is 1. The third-order valence-electron chi connectivity index (χ3n) is 0.434. The predicted molar refractivity (Wildman–Crippen MR) is 24.7 cm³/mol. The third kappa shape index (κ3) is 4.46. The zero-order valence-corrected chi connectivity index (χ0v) is 4.36. The van der Waals surface area contributed by atoms with E-state index in [-0.39, 0.29) is 6.29 Å². The number of hydrogen-bond donors (Lipinski definition) is 1. The molecule has 0 aromatic carbocycles. The Bertz CT molecular complexity index is 138. The lowest BCUT2D eigenvalue weighted by Crippen LogP contribution is -2.13. The Balaban J connectivity index is 3.39. The number of carboxylic acid groups (broad SMARTS) is 1. The summed E-state index contributed by atoms with van der Waals surface area (Å²) in [7, 11) is 0. The molecule has 0 bridgehead atoms. The van der Waals surface area contributed by atoms with Gasteiger partial charge in [0, 0.05) is 0 Å². The summed E-state index contributed by atoms with van der Waals surface area (Å²) >= 11 is 0. The van der Waals surface area contributed by atoms with E-state index in [0.717, 1.165) is 0 Å². The van der Waals surface area contributed by atoms with Crippen molar-refractivity contribution in [2.45, 2.75) is 0 Å². The molecule has 0 rings (SSSR count). The number of aldehydes is 1. The Morgan fingerprint density at radius 3 is 2.44 bits per heavy atom. The minimum absolute atomic E-state index is 0.0943. The molecule has 0 aromatic rings. The zero-order chi connectivity index (χ0) is 7.28. The fourth-order valence-electron chi connectivity index (χ4n) is 0.167. The van der Waals surface area contributed by atoms with Crippen LogP contribution in [0.2, 0.25) is 0 Å². The van der Waals surface area contributed by atoms with Crippen molar-refractivity contribution in [3.63, 3.8) is 0 Å². The maximum Gasteiger partial charge on any atom is 0.371 e. The van der Waals surface area contributed by atoms with Crippen LogP contribution in [-0.4, -0.2) is 29.9 Å². The summed E-state index contributed by atoms with van der Waals surface area (Å²) in [6.45, 7) is -0.766. The smallest absolute Gasteiger partial charge is 0.371 e. The summed E-state index contributed by atoms with van der Waals surface area (Å²) < 4.78 is 3.85.